The van der Waals surface area contributed by atoms with Crippen molar-refractivity contribution in [1.82, 2.24) is 0 Å². The van der Waals surface area contributed by atoms with Gasteiger partial charge in [0.05, 0.1) is 27.6 Å². The average molecular weight is 512 g/mol. The van der Waals surface area contributed by atoms with Crippen molar-refractivity contribution in [1.29, 1.82) is 0 Å². The summed E-state index contributed by atoms with van der Waals surface area (Å²) < 4.78 is -1.63. The second-order valence-electron chi connectivity index (χ2n) is 8.64. The average Bonchev–Trinajstić information content (AvgIpc) is 3.39. The Bertz CT molecular complexity index is 969. The molecule has 3 nitrogen and oxygen atoms in total. The van der Waals surface area contributed by atoms with Crippen LogP contribution in [0.2, 0.25) is 0 Å². The minimum absolute atomic E-state index is 0.155. The third kappa shape index (κ3) is 1.79. The molecule has 1 aromatic rings. The number of benzene rings is 1. The van der Waals surface area contributed by atoms with Gasteiger partial charge < -0.3 is 0 Å². The molecule has 1 saturated heterocycles. The van der Waals surface area contributed by atoms with E-state index in [1.165, 1.54) is 4.90 Å². The number of rotatable bonds is 1. The molecule has 1 heterocycles. The van der Waals surface area contributed by atoms with Gasteiger partial charge in [0.1, 0.15) is 9.75 Å². The highest BCUT2D eigenvalue weighted by molar-refractivity contribution is 6.65. The van der Waals surface area contributed by atoms with Gasteiger partial charge in [0.15, 0.2) is 4.33 Å². The van der Waals surface area contributed by atoms with Gasteiger partial charge >= 0.3 is 0 Å². The normalized spacial score (nSPS) is 48.7. The largest absolute Gasteiger partial charge is 0.274 e. The van der Waals surface area contributed by atoms with Crippen molar-refractivity contribution in [3.8, 4) is 0 Å². The zero-order chi connectivity index (χ0) is 20.7. The lowest BCUT2D eigenvalue weighted by atomic mass is 9.65. The van der Waals surface area contributed by atoms with E-state index in [1.54, 1.807) is 24.3 Å². The molecule has 4 fully saturated rings. The second kappa shape index (κ2) is 5.60. The summed E-state index contributed by atoms with van der Waals surface area (Å²) in [5, 5.41) is 0.311. The highest BCUT2D eigenvalue weighted by Crippen LogP contribution is 2.84. The number of carbonyl (C=O) groups excluding carboxylic acids is 2. The zero-order valence-corrected chi connectivity index (χ0v) is 19.1. The van der Waals surface area contributed by atoms with E-state index in [1.807, 2.05) is 6.07 Å². The standard InChI is InChI=1S/C20H13Cl6NO2/c21-14-15(22)19(24)13-9-6-8(12(13)18(14,23)20(19,25)26)10-11(9)17(29)27(16(10)28)7-4-2-1-3-5-7/h1-5,8-13H,6H2. The molecule has 5 aliphatic rings. The number of nitrogens with zero attached hydrogens (tertiary/aromatic N) is 1. The van der Waals surface area contributed by atoms with Crippen LogP contribution in [0.15, 0.2) is 40.4 Å². The maximum absolute atomic E-state index is 13.4. The van der Waals surface area contributed by atoms with Crippen LogP contribution in [0.3, 0.4) is 0 Å². The third-order valence-electron chi connectivity index (χ3n) is 7.85. The van der Waals surface area contributed by atoms with E-state index in [0.29, 0.717) is 12.1 Å². The Morgan fingerprint density at radius 3 is 1.69 bits per heavy atom. The van der Waals surface area contributed by atoms with Crippen LogP contribution in [0.25, 0.3) is 0 Å². The Morgan fingerprint density at radius 1 is 0.793 bits per heavy atom. The Labute approximate surface area is 197 Å². The smallest absolute Gasteiger partial charge is 0.237 e. The number of allylic oxidation sites excluding steroid dienone is 2. The molecular formula is C20H13Cl6NO2. The Hall–Kier alpha value is -0.160. The molecule has 0 N–H and O–H groups in total. The van der Waals surface area contributed by atoms with E-state index in [0.717, 1.165) is 0 Å². The van der Waals surface area contributed by atoms with Gasteiger partial charge in [-0.25, -0.2) is 0 Å². The van der Waals surface area contributed by atoms with Gasteiger partial charge in [-0.3, -0.25) is 14.5 Å². The van der Waals surface area contributed by atoms with Gasteiger partial charge in [0.2, 0.25) is 11.8 Å². The fourth-order valence-electron chi connectivity index (χ4n) is 6.98. The van der Waals surface area contributed by atoms with E-state index < -0.39 is 25.9 Å². The van der Waals surface area contributed by atoms with Gasteiger partial charge in [-0.2, -0.15) is 0 Å². The Kier molecular flexibility index (Phi) is 3.77. The number of hydrogen-bond acceptors (Lipinski definition) is 2. The molecule has 8 atom stereocenters. The summed E-state index contributed by atoms with van der Waals surface area (Å²) in [7, 11) is 0. The lowest BCUT2D eigenvalue weighted by Crippen LogP contribution is -2.46. The molecule has 6 rings (SSSR count). The summed E-state index contributed by atoms with van der Waals surface area (Å²) in [6.45, 7) is 0. The summed E-state index contributed by atoms with van der Waals surface area (Å²) in [4.78, 5) is 25.3. The first kappa shape index (κ1) is 19.5. The van der Waals surface area contributed by atoms with Crippen molar-refractivity contribution < 1.29 is 9.59 Å². The number of anilines is 1. The topological polar surface area (TPSA) is 37.4 Å². The SMILES string of the molecule is O=C1C2C3CC(C2C(=O)N1c1ccccc1)C1C3C2(Cl)C(Cl)=C(Cl)C1(Cl)C2(Cl)Cl. The molecule has 29 heavy (non-hydrogen) atoms. The first-order chi connectivity index (χ1) is 13.6. The number of fused-ring (bicyclic) bond motifs is 12. The molecule has 0 aromatic heterocycles. The molecule has 4 aliphatic carbocycles. The summed E-state index contributed by atoms with van der Waals surface area (Å²) in [6.07, 6.45) is 0.659. The van der Waals surface area contributed by atoms with Crippen LogP contribution in [-0.2, 0) is 9.59 Å². The summed E-state index contributed by atoms with van der Waals surface area (Å²) in [5.74, 6) is -2.39. The van der Waals surface area contributed by atoms with E-state index in [9.17, 15) is 9.59 Å². The molecule has 152 valence electrons. The van der Waals surface area contributed by atoms with Gasteiger partial charge in [-0.05, 0) is 42.2 Å². The fourth-order valence-corrected chi connectivity index (χ4v) is 10.1. The van der Waals surface area contributed by atoms with Gasteiger partial charge in [0.25, 0.3) is 0 Å². The van der Waals surface area contributed by atoms with E-state index in [-0.39, 0.29) is 45.6 Å². The number of halogens is 6. The van der Waals surface area contributed by atoms with Crippen molar-refractivity contribution in [2.24, 2.45) is 35.5 Å². The molecule has 1 aliphatic heterocycles. The monoisotopic (exact) mass is 509 g/mol. The van der Waals surface area contributed by atoms with Crippen LogP contribution in [0.4, 0.5) is 5.69 Å². The van der Waals surface area contributed by atoms with Crippen molar-refractivity contribution in [3.63, 3.8) is 0 Å². The molecule has 3 saturated carbocycles. The van der Waals surface area contributed by atoms with Crippen molar-refractivity contribution in [3.05, 3.63) is 40.4 Å². The van der Waals surface area contributed by atoms with E-state index in [4.69, 9.17) is 69.6 Å². The van der Waals surface area contributed by atoms with Crippen LogP contribution in [-0.4, -0.2) is 25.9 Å². The second-order valence-corrected chi connectivity index (χ2v) is 11.9. The predicted molar refractivity (Wildman–Crippen MR) is 115 cm³/mol. The quantitative estimate of drug-likeness (QED) is 0.283. The van der Waals surface area contributed by atoms with Crippen LogP contribution in [0, 0.1) is 35.5 Å². The number of alkyl halides is 4. The van der Waals surface area contributed by atoms with Gasteiger partial charge in [-0.1, -0.05) is 64.6 Å². The number of imide groups is 1. The minimum Gasteiger partial charge on any atom is -0.274 e. The summed E-state index contributed by atoms with van der Waals surface area (Å²) in [6, 6.07) is 8.95. The first-order valence-corrected chi connectivity index (χ1v) is 11.6. The van der Waals surface area contributed by atoms with Crippen LogP contribution < -0.4 is 4.90 Å². The number of hydrogen-bond donors (Lipinski definition) is 0. The van der Waals surface area contributed by atoms with Gasteiger partial charge in [-0.15, -0.1) is 23.2 Å². The number of para-hydroxylation sites is 1. The maximum atomic E-state index is 13.4. The maximum Gasteiger partial charge on any atom is 0.237 e. The molecule has 4 bridgehead atoms. The summed E-state index contributed by atoms with van der Waals surface area (Å²) >= 11 is 40.5. The predicted octanol–water partition coefficient (Wildman–Crippen LogP) is 5.52. The lowest BCUT2D eigenvalue weighted by molar-refractivity contribution is -0.123. The Morgan fingerprint density at radius 2 is 1.24 bits per heavy atom. The lowest BCUT2D eigenvalue weighted by Gasteiger charge is -2.42. The van der Waals surface area contributed by atoms with Crippen LogP contribution >= 0.6 is 69.6 Å². The van der Waals surface area contributed by atoms with Crippen molar-refractivity contribution in [2.45, 2.75) is 20.5 Å². The molecule has 8 unspecified atom stereocenters. The van der Waals surface area contributed by atoms with Crippen LogP contribution in [0.5, 0.6) is 0 Å². The van der Waals surface area contributed by atoms with Crippen molar-refractivity contribution in [2.75, 3.05) is 4.90 Å². The first-order valence-electron chi connectivity index (χ1n) is 9.34. The molecule has 2 amide bonds. The molecule has 1 aromatic carbocycles. The minimum atomic E-state index is -1.63. The molecule has 9 heteroatoms. The Balaban J connectivity index is 1.49. The zero-order valence-electron chi connectivity index (χ0n) is 14.6. The highest BCUT2D eigenvalue weighted by atomic mass is 35.5. The van der Waals surface area contributed by atoms with E-state index in [2.05, 4.69) is 0 Å². The number of amides is 2. The number of carbonyl (C=O) groups is 2. The molecule has 0 spiro atoms. The highest BCUT2D eigenvalue weighted by Gasteiger charge is 2.88. The fraction of sp³-hybridized carbons (Fsp3) is 0.500. The van der Waals surface area contributed by atoms with Crippen molar-refractivity contribution >= 4 is 87.1 Å². The van der Waals surface area contributed by atoms with Gasteiger partial charge in [0, 0.05) is 0 Å². The third-order valence-corrected chi connectivity index (χ3v) is 12.1. The summed E-state index contributed by atoms with van der Waals surface area (Å²) in [5.41, 5.74) is 0.573. The van der Waals surface area contributed by atoms with E-state index >= 15 is 0 Å². The molecule has 0 radical (unpaired) electrons. The van der Waals surface area contributed by atoms with Crippen LogP contribution in [0.1, 0.15) is 6.42 Å². The molecular weight excluding hydrogens is 499 g/mol.